The Kier molecular flexibility index (Phi) is 4.39. The summed E-state index contributed by atoms with van der Waals surface area (Å²) in [6.45, 7) is 1.54. The van der Waals surface area contributed by atoms with Crippen LogP contribution < -0.4 is 4.74 Å². The van der Waals surface area contributed by atoms with Gasteiger partial charge in [0.15, 0.2) is 0 Å². The molecule has 0 saturated carbocycles. The standard InChI is InChI=1S/C14H14FNO2S/c1-9(17)13-6-10(15)8-16-14(13)18-11-4-3-5-12(7-11)19-2/h3-9,17H,1-2H3. The lowest BCUT2D eigenvalue weighted by Crippen LogP contribution is -1.99. The number of nitrogens with zero attached hydrogens (tertiary/aromatic N) is 1. The van der Waals surface area contributed by atoms with Gasteiger partial charge in [-0.1, -0.05) is 6.07 Å². The Morgan fingerprint density at radius 2 is 2.16 bits per heavy atom. The maximum absolute atomic E-state index is 13.1. The summed E-state index contributed by atoms with van der Waals surface area (Å²) in [5.74, 6) is 0.323. The summed E-state index contributed by atoms with van der Waals surface area (Å²) < 4.78 is 18.7. The number of thioether (sulfide) groups is 1. The second-order valence-corrected chi connectivity index (χ2v) is 4.88. The molecule has 0 aliphatic heterocycles. The molecule has 0 amide bonds. The van der Waals surface area contributed by atoms with Crippen molar-refractivity contribution in [2.45, 2.75) is 17.9 Å². The van der Waals surface area contributed by atoms with E-state index in [-0.39, 0.29) is 5.88 Å². The fraction of sp³-hybridized carbons (Fsp3) is 0.214. The maximum Gasteiger partial charge on any atom is 0.225 e. The molecule has 19 heavy (non-hydrogen) atoms. The minimum Gasteiger partial charge on any atom is -0.439 e. The molecule has 1 aromatic carbocycles. The zero-order chi connectivity index (χ0) is 13.8. The monoisotopic (exact) mass is 279 g/mol. The van der Waals surface area contributed by atoms with Gasteiger partial charge in [-0.25, -0.2) is 9.37 Å². The van der Waals surface area contributed by atoms with Gasteiger partial charge in [-0.3, -0.25) is 0 Å². The number of hydrogen-bond donors (Lipinski definition) is 1. The van der Waals surface area contributed by atoms with Crippen LogP contribution in [0.1, 0.15) is 18.6 Å². The third-order valence-corrected chi connectivity index (χ3v) is 3.28. The van der Waals surface area contributed by atoms with Crippen molar-refractivity contribution >= 4 is 11.8 Å². The van der Waals surface area contributed by atoms with E-state index >= 15 is 0 Å². The number of aromatic nitrogens is 1. The lowest BCUT2D eigenvalue weighted by molar-refractivity contribution is 0.194. The Hall–Kier alpha value is -1.59. The van der Waals surface area contributed by atoms with E-state index in [0.717, 1.165) is 11.1 Å². The van der Waals surface area contributed by atoms with Crippen LogP contribution in [0.4, 0.5) is 4.39 Å². The number of ether oxygens (including phenoxy) is 1. The quantitative estimate of drug-likeness (QED) is 0.865. The summed E-state index contributed by atoms with van der Waals surface area (Å²) in [5.41, 5.74) is 0.328. The first-order valence-corrected chi connectivity index (χ1v) is 6.98. The van der Waals surface area contributed by atoms with E-state index in [9.17, 15) is 9.50 Å². The highest BCUT2D eigenvalue weighted by Crippen LogP contribution is 2.29. The van der Waals surface area contributed by atoms with E-state index in [1.807, 2.05) is 24.5 Å². The van der Waals surface area contributed by atoms with Crippen LogP contribution in [0.3, 0.4) is 0 Å². The van der Waals surface area contributed by atoms with Crippen LogP contribution in [0.15, 0.2) is 41.4 Å². The number of pyridine rings is 1. The minimum atomic E-state index is -0.845. The number of benzene rings is 1. The molecule has 100 valence electrons. The van der Waals surface area contributed by atoms with E-state index < -0.39 is 11.9 Å². The zero-order valence-corrected chi connectivity index (χ0v) is 11.4. The van der Waals surface area contributed by atoms with Crippen LogP contribution in [0.5, 0.6) is 11.6 Å². The Bertz CT molecular complexity index is 575. The molecule has 0 fully saturated rings. The molecule has 2 aromatic rings. The lowest BCUT2D eigenvalue weighted by Gasteiger charge is -2.12. The van der Waals surface area contributed by atoms with Crippen LogP contribution in [-0.2, 0) is 0 Å². The number of rotatable bonds is 4. The van der Waals surface area contributed by atoms with E-state index in [4.69, 9.17) is 4.74 Å². The molecule has 0 spiro atoms. The van der Waals surface area contributed by atoms with Crippen molar-refractivity contribution in [2.24, 2.45) is 0 Å². The summed E-state index contributed by atoms with van der Waals surface area (Å²) in [7, 11) is 0. The highest BCUT2D eigenvalue weighted by atomic mass is 32.2. The van der Waals surface area contributed by atoms with E-state index in [2.05, 4.69) is 4.98 Å². The molecule has 5 heteroatoms. The van der Waals surface area contributed by atoms with Crippen LogP contribution in [0.25, 0.3) is 0 Å². The summed E-state index contributed by atoms with van der Waals surface area (Å²) in [5, 5.41) is 9.62. The average Bonchev–Trinajstić information content (AvgIpc) is 2.41. The van der Waals surface area contributed by atoms with Gasteiger partial charge in [0.2, 0.25) is 5.88 Å². The molecular formula is C14H14FNO2S. The van der Waals surface area contributed by atoms with E-state index in [1.165, 1.54) is 6.07 Å². The van der Waals surface area contributed by atoms with Crippen molar-refractivity contribution in [1.29, 1.82) is 0 Å². The maximum atomic E-state index is 13.1. The molecule has 1 heterocycles. The van der Waals surface area contributed by atoms with Crippen molar-refractivity contribution in [2.75, 3.05) is 6.26 Å². The molecule has 1 N–H and O–H groups in total. The minimum absolute atomic E-state index is 0.217. The normalized spacial score (nSPS) is 12.2. The van der Waals surface area contributed by atoms with Crippen LogP contribution >= 0.6 is 11.8 Å². The van der Waals surface area contributed by atoms with Gasteiger partial charge in [-0.15, -0.1) is 11.8 Å². The molecule has 1 atom stereocenters. The molecular weight excluding hydrogens is 265 g/mol. The van der Waals surface area contributed by atoms with Gasteiger partial charge in [-0.2, -0.15) is 0 Å². The Morgan fingerprint density at radius 1 is 1.37 bits per heavy atom. The molecule has 0 saturated heterocycles. The summed E-state index contributed by atoms with van der Waals surface area (Å²) in [4.78, 5) is 4.94. The summed E-state index contributed by atoms with van der Waals surface area (Å²) in [6, 6.07) is 8.71. The second-order valence-electron chi connectivity index (χ2n) is 4.00. The first-order valence-electron chi connectivity index (χ1n) is 5.75. The molecule has 2 rings (SSSR count). The topological polar surface area (TPSA) is 42.4 Å². The fourth-order valence-electron chi connectivity index (χ4n) is 1.60. The molecule has 0 aliphatic rings. The summed E-state index contributed by atoms with van der Waals surface area (Å²) >= 11 is 1.60. The van der Waals surface area contributed by atoms with Crippen molar-refractivity contribution in [3.63, 3.8) is 0 Å². The van der Waals surface area contributed by atoms with Gasteiger partial charge in [0, 0.05) is 10.5 Å². The molecule has 1 aromatic heterocycles. The van der Waals surface area contributed by atoms with Crippen molar-refractivity contribution < 1.29 is 14.2 Å². The third kappa shape index (κ3) is 3.45. The Morgan fingerprint density at radius 3 is 2.84 bits per heavy atom. The molecule has 0 bridgehead atoms. The number of halogens is 1. The molecule has 0 aliphatic carbocycles. The number of hydrogen-bond acceptors (Lipinski definition) is 4. The fourth-order valence-corrected chi connectivity index (χ4v) is 2.05. The molecule has 1 unspecified atom stereocenters. The van der Waals surface area contributed by atoms with Crippen molar-refractivity contribution in [3.8, 4) is 11.6 Å². The SMILES string of the molecule is CSc1cccc(Oc2ncc(F)cc2C(C)O)c1. The van der Waals surface area contributed by atoms with Crippen LogP contribution in [0.2, 0.25) is 0 Å². The van der Waals surface area contributed by atoms with Gasteiger partial charge < -0.3 is 9.84 Å². The zero-order valence-electron chi connectivity index (χ0n) is 10.6. The summed E-state index contributed by atoms with van der Waals surface area (Å²) in [6.07, 6.45) is 2.19. The van der Waals surface area contributed by atoms with Crippen LogP contribution in [0, 0.1) is 5.82 Å². The largest absolute Gasteiger partial charge is 0.439 e. The lowest BCUT2D eigenvalue weighted by atomic mass is 10.2. The smallest absolute Gasteiger partial charge is 0.225 e. The van der Waals surface area contributed by atoms with Gasteiger partial charge >= 0.3 is 0 Å². The number of aliphatic hydroxyl groups excluding tert-OH is 1. The second kappa shape index (κ2) is 6.04. The first kappa shape index (κ1) is 13.8. The van der Waals surface area contributed by atoms with E-state index in [0.29, 0.717) is 11.3 Å². The predicted octanol–water partition coefficient (Wildman–Crippen LogP) is 3.79. The van der Waals surface area contributed by atoms with Crippen molar-refractivity contribution in [1.82, 2.24) is 4.98 Å². The van der Waals surface area contributed by atoms with Gasteiger partial charge in [0.25, 0.3) is 0 Å². The van der Waals surface area contributed by atoms with Gasteiger partial charge in [0.1, 0.15) is 11.6 Å². The Balaban J connectivity index is 2.32. The predicted molar refractivity (Wildman–Crippen MR) is 73.1 cm³/mol. The first-order chi connectivity index (χ1) is 9.10. The third-order valence-electron chi connectivity index (χ3n) is 2.55. The van der Waals surface area contributed by atoms with Gasteiger partial charge in [-0.05, 0) is 37.4 Å². The van der Waals surface area contributed by atoms with Gasteiger partial charge in [0.05, 0.1) is 12.3 Å². The number of aliphatic hydroxyl groups is 1. The van der Waals surface area contributed by atoms with E-state index in [1.54, 1.807) is 24.8 Å². The average molecular weight is 279 g/mol. The highest BCUT2D eigenvalue weighted by molar-refractivity contribution is 7.98. The molecule has 0 radical (unpaired) electrons. The van der Waals surface area contributed by atoms with Crippen molar-refractivity contribution in [3.05, 3.63) is 47.9 Å². The molecule has 3 nitrogen and oxygen atoms in total. The highest BCUT2D eigenvalue weighted by Gasteiger charge is 2.13. The Labute approximate surface area is 115 Å². The van der Waals surface area contributed by atoms with Crippen LogP contribution in [-0.4, -0.2) is 16.3 Å².